The molecule has 3 rings (SSSR count). The van der Waals surface area contributed by atoms with Crippen LogP contribution in [-0.2, 0) is 17.1 Å². The first-order valence-electron chi connectivity index (χ1n) is 7.47. The summed E-state index contributed by atoms with van der Waals surface area (Å²) < 4.78 is 27.0. The van der Waals surface area contributed by atoms with Crippen molar-refractivity contribution in [2.45, 2.75) is 32.2 Å². The Labute approximate surface area is 130 Å². The van der Waals surface area contributed by atoms with E-state index in [1.807, 2.05) is 11.8 Å². The van der Waals surface area contributed by atoms with E-state index < -0.39 is 10.0 Å². The van der Waals surface area contributed by atoms with Crippen LogP contribution in [0, 0.1) is 12.3 Å². The zero-order valence-electron chi connectivity index (χ0n) is 13.2. The SMILES string of the molecule is Cc1cc(C(=O)N2CCC3(CC2)CC3NS(C)(=O)=O)n(C)n1. The van der Waals surface area contributed by atoms with Crippen LogP contribution in [0.5, 0.6) is 0 Å². The molecule has 0 radical (unpaired) electrons. The van der Waals surface area contributed by atoms with Gasteiger partial charge in [-0.1, -0.05) is 0 Å². The summed E-state index contributed by atoms with van der Waals surface area (Å²) in [5.41, 5.74) is 1.50. The highest BCUT2D eigenvalue weighted by molar-refractivity contribution is 7.88. The number of hydrogen-bond donors (Lipinski definition) is 1. The van der Waals surface area contributed by atoms with Gasteiger partial charge in [-0.2, -0.15) is 5.10 Å². The lowest BCUT2D eigenvalue weighted by Crippen LogP contribution is -2.42. The van der Waals surface area contributed by atoms with Gasteiger partial charge in [0.15, 0.2) is 0 Å². The van der Waals surface area contributed by atoms with Crippen molar-refractivity contribution in [3.8, 4) is 0 Å². The van der Waals surface area contributed by atoms with Crippen molar-refractivity contribution in [3.05, 3.63) is 17.5 Å². The topological polar surface area (TPSA) is 84.3 Å². The molecule has 122 valence electrons. The van der Waals surface area contributed by atoms with Gasteiger partial charge in [0, 0.05) is 26.2 Å². The van der Waals surface area contributed by atoms with Crippen molar-refractivity contribution < 1.29 is 13.2 Å². The number of aromatic nitrogens is 2. The molecule has 1 N–H and O–H groups in total. The number of likely N-dealkylation sites (tertiary alicyclic amines) is 1. The van der Waals surface area contributed by atoms with Crippen molar-refractivity contribution >= 4 is 15.9 Å². The Balaban J connectivity index is 1.61. The maximum atomic E-state index is 12.5. The van der Waals surface area contributed by atoms with Crippen molar-refractivity contribution in [1.82, 2.24) is 19.4 Å². The van der Waals surface area contributed by atoms with Gasteiger partial charge in [0.25, 0.3) is 5.91 Å². The van der Waals surface area contributed by atoms with Crippen LogP contribution in [0.25, 0.3) is 0 Å². The van der Waals surface area contributed by atoms with E-state index in [0.717, 1.165) is 25.0 Å². The van der Waals surface area contributed by atoms with Crippen LogP contribution >= 0.6 is 0 Å². The lowest BCUT2D eigenvalue weighted by molar-refractivity contribution is 0.0663. The van der Waals surface area contributed by atoms with Crippen LogP contribution in [0.1, 0.15) is 35.4 Å². The van der Waals surface area contributed by atoms with Crippen molar-refractivity contribution in [1.29, 1.82) is 0 Å². The summed E-state index contributed by atoms with van der Waals surface area (Å²) in [7, 11) is -1.38. The first-order valence-corrected chi connectivity index (χ1v) is 9.37. The van der Waals surface area contributed by atoms with E-state index in [9.17, 15) is 13.2 Å². The molecule has 1 aliphatic heterocycles. The van der Waals surface area contributed by atoms with E-state index in [0.29, 0.717) is 18.8 Å². The Morgan fingerprint density at radius 1 is 1.41 bits per heavy atom. The number of amides is 1. The molecule has 0 bridgehead atoms. The molecule has 1 saturated heterocycles. The maximum absolute atomic E-state index is 12.5. The number of nitrogens with one attached hydrogen (secondary N) is 1. The third kappa shape index (κ3) is 2.89. The highest BCUT2D eigenvalue weighted by Crippen LogP contribution is 2.54. The van der Waals surface area contributed by atoms with Crippen LogP contribution in [0.2, 0.25) is 0 Å². The van der Waals surface area contributed by atoms with Gasteiger partial charge < -0.3 is 4.90 Å². The van der Waals surface area contributed by atoms with Crippen LogP contribution in [-0.4, -0.2) is 54.4 Å². The van der Waals surface area contributed by atoms with Gasteiger partial charge in [0.05, 0.1) is 11.9 Å². The minimum Gasteiger partial charge on any atom is -0.337 e. The number of carbonyl (C=O) groups is 1. The summed E-state index contributed by atoms with van der Waals surface area (Å²) in [6.07, 6.45) is 3.78. The Hall–Kier alpha value is -1.41. The predicted octanol–water partition coefficient (Wildman–Crippen LogP) is 0.272. The minimum atomic E-state index is -3.15. The van der Waals surface area contributed by atoms with Crippen molar-refractivity contribution in [3.63, 3.8) is 0 Å². The van der Waals surface area contributed by atoms with E-state index in [2.05, 4.69) is 9.82 Å². The number of carbonyl (C=O) groups excluding carboxylic acids is 1. The van der Waals surface area contributed by atoms with E-state index in [-0.39, 0.29) is 17.4 Å². The summed E-state index contributed by atoms with van der Waals surface area (Å²) in [6.45, 7) is 3.21. The van der Waals surface area contributed by atoms with Gasteiger partial charge in [-0.05, 0) is 37.7 Å². The molecule has 2 fully saturated rings. The molecule has 2 heterocycles. The fraction of sp³-hybridized carbons (Fsp3) is 0.714. The molecule has 1 atom stereocenters. The highest BCUT2D eigenvalue weighted by Gasteiger charge is 2.56. The first-order chi connectivity index (χ1) is 10.2. The molecule has 1 amide bonds. The maximum Gasteiger partial charge on any atom is 0.272 e. The van der Waals surface area contributed by atoms with E-state index >= 15 is 0 Å². The Morgan fingerprint density at radius 3 is 2.55 bits per heavy atom. The highest BCUT2D eigenvalue weighted by atomic mass is 32.2. The van der Waals surface area contributed by atoms with E-state index in [1.165, 1.54) is 6.26 Å². The van der Waals surface area contributed by atoms with Gasteiger partial charge in [-0.25, -0.2) is 13.1 Å². The lowest BCUT2D eigenvalue weighted by Gasteiger charge is -2.32. The van der Waals surface area contributed by atoms with Gasteiger partial charge in [-0.15, -0.1) is 0 Å². The molecule has 8 heteroatoms. The summed E-state index contributed by atoms with van der Waals surface area (Å²) >= 11 is 0. The lowest BCUT2D eigenvalue weighted by atomic mass is 9.92. The summed E-state index contributed by atoms with van der Waals surface area (Å²) in [4.78, 5) is 14.4. The average Bonchev–Trinajstić information content (AvgIpc) is 2.91. The second-order valence-corrected chi connectivity index (χ2v) is 8.38. The number of aryl methyl sites for hydroxylation is 2. The number of hydrogen-bond acceptors (Lipinski definition) is 4. The van der Waals surface area contributed by atoms with Gasteiger partial charge >= 0.3 is 0 Å². The van der Waals surface area contributed by atoms with Crippen molar-refractivity contribution in [2.75, 3.05) is 19.3 Å². The number of piperidine rings is 1. The summed E-state index contributed by atoms with van der Waals surface area (Å²) in [6, 6.07) is 1.84. The fourth-order valence-electron chi connectivity index (χ4n) is 3.45. The zero-order chi connectivity index (χ0) is 16.1. The van der Waals surface area contributed by atoms with Crippen molar-refractivity contribution in [2.24, 2.45) is 12.5 Å². The smallest absolute Gasteiger partial charge is 0.272 e. The third-order valence-corrected chi connectivity index (χ3v) is 5.53. The molecule has 0 aromatic carbocycles. The molecule has 1 aliphatic carbocycles. The molecule has 1 saturated carbocycles. The van der Waals surface area contributed by atoms with Crippen LogP contribution in [0.3, 0.4) is 0 Å². The van der Waals surface area contributed by atoms with Crippen LogP contribution in [0.4, 0.5) is 0 Å². The molecule has 1 aromatic heterocycles. The second kappa shape index (κ2) is 5.06. The standard InChI is InChI=1S/C14H22N4O3S/c1-10-8-11(17(2)15-10)13(19)18-6-4-14(5-7-18)9-12(14)16-22(3,20)21/h8,12,16H,4-7,9H2,1-3H3. The molecular weight excluding hydrogens is 304 g/mol. The number of rotatable bonds is 3. The molecule has 1 spiro atoms. The molecule has 2 aliphatic rings. The molecule has 1 aromatic rings. The Morgan fingerprint density at radius 2 is 2.05 bits per heavy atom. The molecule has 7 nitrogen and oxygen atoms in total. The first kappa shape index (κ1) is 15.5. The molecular formula is C14H22N4O3S. The van der Waals surface area contributed by atoms with E-state index in [1.54, 1.807) is 17.8 Å². The average molecular weight is 326 g/mol. The monoisotopic (exact) mass is 326 g/mol. The van der Waals surface area contributed by atoms with Gasteiger partial charge in [0.2, 0.25) is 10.0 Å². The number of sulfonamides is 1. The third-order valence-electron chi connectivity index (χ3n) is 4.81. The van der Waals surface area contributed by atoms with Crippen LogP contribution in [0.15, 0.2) is 6.07 Å². The van der Waals surface area contributed by atoms with Crippen LogP contribution < -0.4 is 4.72 Å². The Kier molecular flexibility index (Phi) is 3.56. The van der Waals surface area contributed by atoms with Gasteiger partial charge in [0.1, 0.15) is 5.69 Å². The van der Waals surface area contributed by atoms with E-state index in [4.69, 9.17) is 0 Å². The molecule has 22 heavy (non-hydrogen) atoms. The second-order valence-electron chi connectivity index (χ2n) is 6.60. The summed E-state index contributed by atoms with van der Waals surface area (Å²) in [5.74, 6) is 0.00576. The molecule has 1 unspecified atom stereocenters. The normalized spacial score (nSPS) is 23.8. The fourth-order valence-corrected chi connectivity index (χ4v) is 4.30. The number of nitrogens with zero attached hydrogens (tertiary/aromatic N) is 3. The van der Waals surface area contributed by atoms with Gasteiger partial charge in [-0.3, -0.25) is 9.48 Å². The zero-order valence-corrected chi connectivity index (χ0v) is 14.0. The predicted molar refractivity (Wildman–Crippen MR) is 81.9 cm³/mol. The Bertz CT molecular complexity index is 702. The largest absolute Gasteiger partial charge is 0.337 e. The minimum absolute atomic E-state index is 0.00576. The summed E-state index contributed by atoms with van der Waals surface area (Å²) in [5, 5.41) is 4.21. The quantitative estimate of drug-likeness (QED) is 0.864.